The van der Waals surface area contributed by atoms with Crippen molar-refractivity contribution in [3.05, 3.63) is 46.9 Å². The summed E-state index contributed by atoms with van der Waals surface area (Å²) in [6, 6.07) is 8.47. The Hall–Kier alpha value is -2.42. The first-order valence-corrected chi connectivity index (χ1v) is 9.88. The molecule has 0 saturated carbocycles. The van der Waals surface area contributed by atoms with E-state index in [4.69, 9.17) is 20.6 Å². The number of ether oxygens (including phenoxy) is 2. The molecule has 5 N–H and O–H groups in total. The molecule has 8 heteroatoms. The molecule has 1 aromatic carbocycles. The standard InChI is InChI=1S/C21H36N6O2/c1-5-6-11-27(3)15-18-9-7-17(8-10-18)14-25-21(19(22)20(23)24-2)26-16-29-13-12-28-4/h7-10,23,25-26H,2,5-6,11-16,22H2,1,3-4H3/b21-19+,23-20?. The topological polar surface area (TPSA) is 108 Å². The maximum absolute atomic E-state index is 7.79. The summed E-state index contributed by atoms with van der Waals surface area (Å²) in [4.78, 5) is 5.92. The van der Waals surface area contributed by atoms with Gasteiger partial charge in [0.1, 0.15) is 18.2 Å². The van der Waals surface area contributed by atoms with Crippen LogP contribution in [0.5, 0.6) is 0 Å². The van der Waals surface area contributed by atoms with Crippen LogP contribution in [0, 0.1) is 5.41 Å². The van der Waals surface area contributed by atoms with Gasteiger partial charge in [0, 0.05) is 20.2 Å². The van der Waals surface area contributed by atoms with Crippen LogP contribution >= 0.6 is 0 Å². The van der Waals surface area contributed by atoms with Crippen LogP contribution in [0.2, 0.25) is 0 Å². The van der Waals surface area contributed by atoms with Gasteiger partial charge in [0.15, 0.2) is 5.84 Å². The zero-order valence-electron chi connectivity index (χ0n) is 18.0. The van der Waals surface area contributed by atoms with Crippen molar-refractivity contribution in [1.82, 2.24) is 15.5 Å². The largest absolute Gasteiger partial charge is 0.393 e. The number of methoxy groups -OCH3 is 1. The first-order valence-electron chi connectivity index (χ1n) is 9.88. The number of hydrogen-bond donors (Lipinski definition) is 4. The quantitative estimate of drug-likeness (QED) is 0.154. The minimum atomic E-state index is -0.0950. The van der Waals surface area contributed by atoms with Crippen molar-refractivity contribution in [2.75, 3.05) is 40.6 Å². The minimum absolute atomic E-state index is 0.0950. The van der Waals surface area contributed by atoms with Gasteiger partial charge in [-0.2, -0.15) is 0 Å². The van der Waals surface area contributed by atoms with E-state index in [1.54, 1.807) is 7.11 Å². The van der Waals surface area contributed by atoms with Gasteiger partial charge < -0.3 is 30.7 Å². The first-order chi connectivity index (χ1) is 14.0. The molecule has 0 aliphatic carbocycles. The van der Waals surface area contributed by atoms with Gasteiger partial charge in [0.2, 0.25) is 0 Å². The summed E-state index contributed by atoms with van der Waals surface area (Å²) >= 11 is 0. The van der Waals surface area contributed by atoms with Crippen molar-refractivity contribution in [3.63, 3.8) is 0 Å². The Morgan fingerprint density at radius 1 is 1.21 bits per heavy atom. The number of unbranched alkanes of at least 4 members (excludes halogenated alkanes) is 1. The second-order valence-electron chi connectivity index (χ2n) is 6.78. The summed E-state index contributed by atoms with van der Waals surface area (Å²) in [6.07, 6.45) is 2.42. The molecule has 162 valence electrons. The van der Waals surface area contributed by atoms with Crippen LogP contribution < -0.4 is 16.4 Å². The Labute approximate surface area is 174 Å². The van der Waals surface area contributed by atoms with Crippen molar-refractivity contribution in [2.24, 2.45) is 10.7 Å². The van der Waals surface area contributed by atoms with Crippen molar-refractivity contribution in [2.45, 2.75) is 32.9 Å². The highest BCUT2D eigenvalue weighted by atomic mass is 16.5. The number of aliphatic imine (C=N–C) groups is 1. The Morgan fingerprint density at radius 2 is 1.90 bits per heavy atom. The second-order valence-corrected chi connectivity index (χ2v) is 6.78. The highest BCUT2D eigenvalue weighted by Gasteiger charge is 2.08. The van der Waals surface area contributed by atoms with Crippen molar-refractivity contribution < 1.29 is 9.47 Å². The van der Waals surface area contributed by atoms with E-state index in [9.17, 15) is 0 Å². The third kappa shape index (κ3) is 10.1. The van der Waals surface area contributed by atoms with Crippen molar-refractivity contribution in [1.29, 1.82) is 5.41 Å². The second kappa shape index (κ2) is 14.6. The third-order valence-corrected chi connectivity index (χ3v) is 4.30. The van der Waals surface area contributed by atoms with Crippen LogP contribution in [0.4, 0.5) is 0 Å². The van der Waals surface area contributed by atoms with Gasteiger partial charge in [-0.25, -0.2) is 4.99 Å². The van der Waals surface area contributed by atoms with Crippen LogP contribution in [0.15, 0.2) is 40.8 Å². The fourth-order valence-electron chi connectivity index (χ4n) is 2.57. The summed E-state index contributed by atoms with van der Waals surface area (Å²) < 4.78 is 10.4. The summed E-state index contributed by atoms with van der Waals surface area (Å²) in [6.45, 7) is 9.37. The molecule has 0 fully saturated rings. The van der Waals surface area contributed by atoms with Gasteiger partial charge in [0.25, 0.3) is 0 Å². The molecule has 1 rings (SSSR count). The van der Waals surface area contributed by atoms with E-state index in [0.717, 1.165) is 18.7 Å². The van der Waals surface area contributed by atoms with Gasteiger partial charge in [-0.3, -0.25) is 5.41 Å². The number of hydrogen-bond acceptors (Lipinski definition) is 7. The molecule has 0 atom stereocenters. The Bertz CT molecular complexity index is 645. The molecule has 0 aliphatic heterocycles. The average Bonchev–Trinajstić information content (AvgIpc) is 2.74. The predicted molar refractivity (Wildman–Crippen MR) is 119 cm³/mol. The van der Waals surface area contributed by atoms with E-state index in [1.807, 2.05) is 0 Å². The van der Waals surface area contributed by atoms with Gasteiger partial charge >= 0.3 is 0 Å². The average molecular weight is 405 g/mol. The van der Waals surface area contributed by atoms with E-state index < -0.39 is 0 Å². The summed E-state index contributed by atoms with van der Waals surface area (Å²) in [5, 5.41) is 14.1. The number of benzene rings is 1. The minimum Gasteiger partial charge on any atom is -0.393 e. The van der Waals surface area contributed by atoms with Gasteiger partial charge in [-0.05, 0) is 37.9 Å². The molecular weight excluding hydrogens is 368 g/mol. The smallest absolute Gasteiger partial charge is 0.171 e. The lowest BCUT2D eigenvalue weighted by molar-refractivity contribution is 0.0636. The molecule has 0 aromatic heterocycles. The lowest BCUT2D eigenvalue weighted by Crippen LogP contribution is -2.33. The number of nitrogens with one attached hydrogen (secondary N) is 3. The van der Waals surface area contributed by atoms with E-state index in [2.05, 4.69) is 65.5 Å². The Balaban J connectivity index is 2.63. The fourth-order valence-corrected chi connectivity index (χ4v) is 2.57. The third-order valence-electron chi connectivity index (χ3n) is 4.30. The van der Waals surface area contributed by atoms with Crippen LogP contribution in [-0.2, 0) is 22.6 Å². The highest BCUT2D eigenvalue weighted by molar-refractivity contribution is 5.98. The zero-order chi connectivity index (χ0) is 21.5. The van der Waals surface area contributed by atoms with E-state index in [-0.39, 0.29) is 18.3 Å². The first kappa shape index (κ1) is 24.6. The molecule has 29 heavy (non-hydrogen) atoms. The van der Waals surface area contributed by atoms with Crippen LogP contribution in [0.1, 0.15) is 30.9 Å². The lowest BCUT2D eigenvalue weighted by atomic mass is 10.1. The van der Waals surface area contributed by atoms with Crippen LogP contribution in [0.3, 0.4) is 0 Å². The molecule has 8 nitrogen and oxygen atoms in total. The van der Waals surface area contributed by atoms with Gasteiger partial charge in [-0.1, -0.05) is 37.6 Å². The monoisotopic (exact) mass is 404 g/mol. The van der Waals surface area contributed by atoms with Gasteiger partial charge in [-0.15, -0.1) is 0 Å². The van der Waals surface area contributed by atoms with E-state index in [0.29, 0.717) is 25.6 Å². The summed E-state index contributed by atoms with van der Waals surface area (Å²) in [7, 11) is 3.77. The van der Waals surface area contributed by atoms with Crippen LogP contribution in [-0.4, -0.2) is 58.1 Å². The Morgan fingerprint density at radius 3 is 2.52 bits per heavy atom. The zero-order valence-corrected chi connectivity index (χ0v) is 18.0. The van der Waals surface area contributed by atoms with Crippen LogP contribution in [0.25, 0.3) is 0 Å². The summed E-state index contributed by atoms with van der Waals surface area (Å²) in [5.41, 5.74) is 8.58. The molecule has 0 amide bonds. The SMILES string of the molecule is C=NC(=N)/C(N)=C(\NCOCCOC)NCc1ccc(CN(C)CCCC)cc1. The lowest BCUT2D eigenvalue weighted by Gasteiger charge is -2.18. The van der Waals surface area contributed by atoms with E-state index in [1.165, 1.54) is 18.4 Å². The molecule has 0 aliphatic rings. The maximum Gasteiger partial charge on any atom is 0.171 e. The maximum atomic E-state index is 7.79. The molecule has 0 heterocycles. The predicted octanol–water partition coefficient (Wildman–Crippen LogP) is 2.02. The molecule has 0 spiro atoms. The molecule has 0 radical (unpaired) electrons. The fraction of sp³-hybridized carbons (Fsp3) is 0.524. The number of amidine groups is 1. The summed E-state index contributed by atoms with van der Waals surface area (Å²) in [5.74, 6) is 0.394. The molecular formula is C21H36N6O2. The number of rotatable bonds is 15. The van der Waals surface area contributed by atoms with Crippen molar-refractivity contribution in [3.8, 4) is 0 Å². The molecule has 0 bridgehead atoms. The number of nitrogens with zero attached hydrogens (tertiary/aromatic N) is 2. The van der Waals surface area contributed by atoms with E-state index >= 15 is 0 Å². The van der Waals surface area contributed by atoms with Crippen molar-refractivity contribution >= 4 is 12.6 Å². The molecule has 0 saturated heterocycles. The van der Waals surface area contributed by atoms with Gasteiger partial charge in [0.05, 0.1) is 13.2 Å². The molecule has 0 unspecified atom stereocenters. The highest BCUT2D eigenvalue weighted by Crippen LogP contribution is 2.08. The Kier molecular flexibility index (Phi) is 12.4. The molecule has 1 aromatic rings. The number of nitrogens with two attached hydrogens (primary N) is 1. The normalized spacial score (nSPS) is 11.9.